The van der Waals surface area contributed by atoms with Gasteiger partial charge >= 0.3 is 0 Å². The first-order valence-corrected chi connectivity index (χ1v) is 9.36. The van der Waals surface area contributed by atoms with Crippen molar-refractivity contribution in [2.45, 2.75) is 25.7 Å². The smallest absolute Gasteiger partial charge is 0.235 e. The van der Waals surface area contributed by atoms with Crippen LogP contribution in [0.2, 0.25) is 0 Å². The van der Waals surface area contributed by atoms with E-state index < -0.39 is 15.9 Å². The second-order valence-electron chi connectivity index (χ2n) is 5.67. The predicted octanol–water partition coefficient (Wildman–Crippen LogP) is 0.734. The lowest BCUT2D eigenvalue weighted by atomic mass is 9.94. The molecule has 1 aromatic heterocycles. The molecule has 2 heterocycles. The van der Waals surface area contributed by atoms with E-state index in [0.717, 1.165) is 25.9 Å². The lowest BCUT2D eigenvalue weighted by Crippen LogP contribution is -2.37. The van der Waals surface area contributed by atoms with Gasteiger partial charge in [-0.1, -0.05) is 6.07 Å². The van der Waals surface area contributed by atoms with Crippen LogP contribution in [0.5, 0.6) is 0 Å². The van der Waals surface area contributed by atoms with E-state index >= 15 is 0 Å². The summed E-state index contributed by atoms with van der Waals surface area (Å²) in [7, 11) is -1.99. The zero-order valence-corrected chi connectivity index (χ0v) is 14.1. The highest BCUT2D eigenvalue weighted by atomic mass is 32.2. The number of nitrogens with one attached hydrogen (secondary N) is 1. The number of aryl methyl sites for hydroxylation is 1. The van der Waals surface area contributed by atoms with E-state index in [9.17, 15) is 13.2 Å². The maximum absolute atomic E-state index is 12.0. The Morgan fingerprint density at radius 3 is 2.74 bits per heavy atom. The van der Waals surface area contributed by atoms with E-state index in [0.29, 0.717) is 5.69 Å². The number of amides is 1. The highest BCUT2D eigenvalue weighted by molar-refractivity contribution is 7.90. The lowest BCUT2D eigenvalue weighted by Gasteiger charge is -2.29. The molecule has 1 amide bonds. The highest BCUT2D eigenvalue weighted by Crippen LogP contribution is 2.20. The SMILES string of the molecule is CON1CCC(CC(=O)NS(=O)(=O)CCc2ccccn2)CC1. The zero-order valence-electron chi connectivity index (χ0n) is 13.3. The molecule has 0 unspecified atom stereocenters. The number of sulfonamides is 1. The van der Waals surface area contributed by atoms with Gasteiger partial charge in [-0.15, -0.1) is 0 Å². The third-order valence-electron chi connectivity index (χ3n) is 3.93. The van der Waals surface area contributed by atoms with E-state index in [1.165, 1.54) is 0 Å². The van der Waals surface area contributed by atoms with Crippen LogP contribution in [0, 0.1) is 5.92 Å². The summed E-state index contributed by atoms with van der Waals surface area (Å²) in [6.45, 7) is 1.53. The van der Waals surface area contributed by atoms with Crippen LogP contribution in [0.3, 0.4) is 0 Å². The van der Waals surface area contributed by atoms with Gasteiger partial charge in [0.1, 0.15) is 0 Å². The molecule has 1 aliphatic heterocycles. The second kappa shape index (κ2) is 8.37. The minimum Gasteiger partial charge on any atom is -0.302 e. The maximum atomic E-state index is 12.0. The van der Waals surface area contributed by atoms with Crippen LogP contribution >= 0.6 is 0 Å². The Kier molecular flexibility index (Phi) is 6.49. The molecular weight excluding hydrogens is 318 g/mol. The number of hydroxylamine groups is 2. The van der Waals surface area contributed by atoms with Crippen molar-refractivity contribution in [1.29, 1.82) is 0 Å². The average molecular weight is 341 g/mol. The number of pyridine rings is 1. The molecule has 128 valence electrons. The molecule has 0 saturated carbocycles. The fourth-order valence-electron chi connectivity index (χ4n) is 2.61. The molecule has 23 heavy (non-hydrogen) atoms. The minimum atomic E-state index is -3.62. The van der Waals surface area contributed by atoms with Gasteiger partial charge in [0, 0.05) is 37.8 Å². The van der Waals surface area contributed by atoms with E-state index in [-0.39, 0.29) is 24.5 Å². The number of hydrogen-bond donors (Lipinski definition) is 1. The number of aromatic nitrogens is 1. The molecule has 1 saturated heterocycles. The van der Waals surface area contributed by atoms with Crippen molar-refractivity contribution in [3.63, 3.8) is 0 Å². The number of piperidine rings is 1. The van der Waals surface area contributed by atoms with Gasteiger partial charge in [-0.3, -0.25) is 14.5 Å². The maximum Gasteiger partial charge on any atom is 0.235 e. The largest absolute Gasteiger partial charge is 0.302 e. The Morgan fingerprint density at radius 2 is 2.13 bits per heavy atom. The van der Waals surface area contributed by atoms with Crippen LogP contribution in [-0.4, -0.2) is 50.3 Å². The Balaban J connectivity index is 1.75. The summed E-state index contributed by atoms with van der Waals surface area (Å²) in [5.74, 6) is -0.369. The van der Waals surface area contributed by atoms with Crippen molar-refractivity contribution in [3.05, 3.63) is 30.1 Å². The third-order valence-corrected chi connectivity index (χ3v) is 5.21. The molecule has 1 aromatic rings. The van der Waals surface area contributed by atoms with Gasteiger partial charge in [0.05, 0.1) is 12.9 Å². The van der Waals surface area contributed by atoms with Crippen molar-refractivity contribution < 1.29 is 18.0 Å². The van der Waals surface area contributed by atoms with Crippen LogP contribution in [0.25, 0.3) is 0 Å². The van der Waals surface area contributed by atoms with Crippen LogP contribution in [0.4, 0.5) is 0 Å². The van der Waals surface area contributed by atoms with Gasteiger partial charge in [-0.05, 0) is 30.9 Å². The summed E-state index contributed by atoms with van der Waals surface area (Å²) >= 11 is 0. The quantitative estimate of drug-likeness (QED) is 0.787. The Bertz CT molecular complexity index is 598. The molecule has 0 bridgehead atoms. The van der Waals surface area contributed by atoms with Crippen molar-refractivity contribution in [2.75, 3.05) is 26.0 Å². The molecule has 1 N–H and O–H groups in total. The first-order chi connectivity index (χ1) is 11.0. The van der Waals surface area contributed by atoms with Crippen LogP contribution in [0.1, 0.15) is 25.0 Å². The molecular formula is C15H23N3O4S. The normalized spacial score (nSPS) is 17.1. The molecule has 1 fully saturated rings. The number of carbonyl (C=O) groups is 1. The van der Waals surface area contributed by atoms with Crippen molar-refractivity contribution >= 4 is 15.9 Å². The highest BCUT2D eigenvalue weighted by Gasteiger charge is 2.23. The molecule has 1 aliphatic rings. The van der Waals surface area contributed by atoms with E-state index in [1.54, 1.807) is 31.5 Å². The zero-order chi connectivity index (χ0) is 16.7. The van der Waals surface area contributed by atoms with Gasteiger partial charge in [-0.2, -0.15) is 5.06 Å². The molecule has 0 aliphatic carbocycles. The van der Waals surface area contributed by atoms with Crippen LogP contribution in [0.15, 0.2) is 24.4 Å². The van der Waals surface area contributed by atoms with Gasteiger partial charge in [0.2, 0.25) is 15.9 Å². The lowest BCUT2D eigenvalue weighted by molar-refractivity contribution is -0.149. The molecule has 0 aromatic carbocycles. The summed E-state index contributed by atoms with van der Waals surface area (Å²) in [6, 6.07) is 5.34. The number of carbonyl (C=O) groups excluding carboxylic acids is 1. The second-order valence-corrected chi connectivity index (χ2v) is 7.52. The average Bonchev–Trinajstić information content (AvgIpc) is 2.54. The fraction of sp³-hybridized carbons (Fsp3) is 0.600. The summed E-state index contributed by atoms with van der Waals surface area (Å²) in [6.07, 6.45) is 3.80. The summed E-state index contributed by atoms with van der Waals surface area (Å²) in [5.41, 5.74) is 0.692. The Morgan fingerprint density at radius 1 is 1.39 bits per heavy atom. The monoisotopic (exact) mass is 341 g/mol. The Labute approximate surface area is 137 Å². The van der Waals surface area contributed by atoms with Gasteiger partial charge < -0.3 is 4.84 Å². The predicted molar refractivity (Wildman–Crippen MR) is 85.8 cm³/mol. The molecule has 2 rings (SSSR count). The van der Waals surface area contributed by atoms with Gasteiger partial charge in [0.25, 0.3) is 0 Å². The minimum absolute atomic E-state index is 0.141. The summed E-state index contributed by atoms with van der Waals surface area (Å²) in [4.78, 5) is 21.1. The van der Waals surface area contributed by atoms with Crippen molar-refractivity contribution in [3.8, 4) is 0 Å². The third kappa shape index (κ3) is 6.25. The van der Waals surface area contributed by atoms with Gasteiger partial charge in [0.15, 0.2) is 0 Å². The Hall–Kier alpha value is -1.51. The first-order valence-electron chi connectivity index (χ1n) is 7.71. The van der Waals surface area contributed by atoms with E-state index in [2.05, 4.69) is 9.71 Å². The van der Waals surface area contributed by atoms with Crippen LogP contribution < -0.4 is 4.72 Å². The number of nitrogens with zero attached hydrogens (tertiary/aromatic N) is 2. The molecule has 8 heteroatoms. The molecule has 0 spiro atoms. The van der Waals surface area contributed by atoms with E-state index in [4.69, 9.17) is 4.84 Å². The summed E-state index contributed by atoms with van der Waals surface area (Å²) in [5, 5.41) is 1.85. The number of rotatable bonds is 7. The van der Waals surface area contributed by atoms with Crippen LogP contribution in [-0.2, 0) is 26.1 Å². The standard InChI is InChI=1S/C15H23N3O4S/c1-22-18-9-5-13(6-10-18)12-15(19)17-23(20,21)11-7-14-4-2-3-8-16-14/h2-4,8,13H,5-7,9-12H2,1H3,(H,17,19). The molecule has 0 atom stereocenters. The van der Waals surface area contributed by atoms with Crippen molar-refractivity contribution in [2.24, 2.45) is 5.92 Å². The molecule has 0 radical (unpaired) electrons. The number of hydrogen-bond acceptors (Lipinski definition) is 6. The summed E-state index contributed by atoms with van der Waals surface area (Å²) < 4.78 is 26.1. The van der Waals surface area contributed by atoms with E-state index in [1.807, 2.05) is 5.06 Å². The first kappa shape index (κ1) is 17.8. The fourth-order valence-corrected chi connectivity index (χ4v) is 3.62. The topological polar surface area (TPSA) is 88.6 Å². The van der Waals surface area contributed by atoms with Gasteiger partial charge in [-0.25, -0.2) is 8.42 Å². The molecule has 7 nitrogen and oxygen atoms in total. The van der Waals surface area contributed by atoms with Crippen molar-refractivity contribution in [1.82, 2.24) is 14.8 Å².